The van der Waals surface area contributed by atoms with E-state index in [9.17, 15) is 27.2 Å². The Balaban J connectivity index is 1.42. The van der Waals surface area contributed by atoms with Gasteiger partial charge in [-0.3, -0.25) is 9.78 Å². The number of carbonyl (C=O) groups is 2. The van der Waals surface area contributed by atoms with Crippen LogP contribution < -0.4 is 14.8 Å². The molecule has 6 nitrogen and oxygen atoms in total. The van der Waals surface area contributed by atoms with E-state index in [0.29, 0.717) is 29.0 Å². The topological polar surface area (TPSA) is 77.5 Å². The molecule has 39 heavy (non-hydrogen) atoms. The fourth-order valence-electron chi connectivity index (χ4n) is 4.04. The van der Waals surface area contributed by atoms with Crippen molar-refractivity contribution in [1.29, 1.82) is 0 Å². The maximum Gasteiger partial charge on any atom is 0.333 e. The van der Waals surface area contributed by atoms with Crippen LogP contribution in [0.4, 0.5) is 17.6 Å². The molecule has 1 heterocycles. The van der Waals surface area contributed by atoms with E-state index in [1.807, 2.05) is 0 Å². The number of carbonyl (C=O) groups excluding carboxylic acids is 2. The maximum absolute atomic E-state index is 14.3. The summed E-state index contributed by atoms with van der Waals surface area (Å²) >= 11 is 0. The van der Waals surface area contributed by atoms with Gasteiger partial charge < -0.3 is 14.8 Å². The summed E-state index contributed by atoms with van der Waals surface area (Å²) in [5.41, 5.74) is 0.215. The molecule has 1 saturated carbocycles. The van der Waals surface area contributed by atoms with Crippen molar-refractivity contribution >= 4 is 22.8 Å². The maximum atomic E-state index is 14.3. The van der Waals surface area contributed by atoms with Crippen LogP contribution in [0, 0.1) is 29.2 Å². The molecular weight excluding hydrogens is 516 g/mol. The normalized spacial score (nSPS) is 13.7. The third kappa shape index (κ3) is 5.55. The number of esters is 1. The summed E-state index contributed by atoms with van der Waals surface area (Å²) in [5.74, 6) is -5.65. The smallest absolute Gasteiger partial charge is 0.333 e. The van der Waals surface area contributed by atoms with Crippen LogP contribution in [0.25, 0.3) is 22.0 Å². The molecule has 0 saturated heterocycles. The second-order valence-corrected chi connectivity index (χ2v) is 9.24. The van der Waals surface area contributed by atoms with Gasteiger partial charge in [-0.2, -0.15) is 0 Å². The molecule has 1 aliphatic carbocycles. The highest BCUT2D eigenvalue weighted by Crippen LogP contribution is 2.40. The summed E-state index contributed by atoms with van der Waals surface area (Å²) in [7, 11) is 0. The van der Waals surface area contributed by atoms with E-state index in [1.165, 1.54) is 25.3 Å². The van der Waals surface area contributed by atoms with Gasteiger partial charge in [0.15, 0.2) is 11.6 Å². The first-order valence-corrected chi connectivity index (χ1v) is 12.2. The van der Waals surface area contributed by atoms with Crippen LogP contribution in [-0.4, -0.2) is 29.5 Å². The van der Waals surface area contributed by atoms with Gasteiger partial charge >= 0.3 is 5.97 Å². The van der Waals surface area contributed by atoms with Crippen LogP contribution in [0.5, 0.6) is 11.5 Å². The molecule has 1 N–H and O–H groups in total. The second-order valence-electron chi connectivity index (χ2n) is 9.24. The van der Waals surface area contributed by atoms with Crippen molar-refractivity contribution in [3.05, 3.63) is 89.6 Å². The molecule has 0 bridgehead atoms. The number of benzene rings is 3. The third-order valence-electron chi connectivity index (χ3n) is 6.32. The summed E-state index contributed by atoms with van der Waals surface area (Å²) < 4.78 is 67.5. The zero-order valence-corrected chi connectivity index (χ0v) is 20.6. The second kappa shape index (κ2) is 10.7. The molecule has 0 spiro atoms. The first kappa shape index (κ1) is 26.1. The van der Waals surface area contributed by atoms with Gasteiger partial charge in [-0.15, -0.1) is 0 Å². The first-order chi connectivity index (χ1) is 18.7. The largest absolute Gasteiger partial charge is 0.493 e. The number of halogens is 4. The molecule has 0 radical (unpaired) electrons. The number of pyridine rings is 1. The summed E-state index contributed by atoms with van der Waals surface area (Å²) in [5, 5.41) is 2.60. The minimum absolute atomic E-state index is 0.0769. The summed E-state index contributed by atoms with van der Waals surface area (Å²) in [6, 6.07) is 9.95. The number of hydrogen-bond acceptors (Lipinski definition) is 5. The molecule has 1 amide bonds. The van der Waals surface area contributed by atoms with Gasteiger partial charge in [0.1, 0.15) is 34.7 Å². The third-order valence-corrected chi connectivity index (χ3v) is 6.32. The quantitative estimate of drug-likeness (QED) is 0.170. The zero-order valence-electron chi connectivity index (χ0n) is 20.6. The average Bonchev–Trinajstić information content (AvgIpc) is 3.74. The van der Waals surface area contributed by atoms with E-state index in [4.69, 9.17) is 9.47 Å². The predicted molar refractivity (Wildman–Crippen MR) is 134 cm³/mol. The lowest BCUT2D eigenvalue weighted by atomic mass is 10.00. The van der Waals surface area contributed by atoms with Crippen LogP contribution in [-0.2, 0) is 4.79 Å². The summed E-state index contributed by atoms with van der Waals surface area (Å²) in [6.45, 7) is 1.68. The van der Waals surface area contributed by atoms with E-state index >= 15 is 0 Å². The Kier molecular flexibility index (Phi) is 7.19. The molecule has 1 aliphatic rings. The Morgan fingerprint density at radius 3 is 2.36 bits per heavy atom. The van der Waals surface area contributed by atoms with Gasteiger partial charge in [0.2, 0.25) is 0 Å². The average molecular weight is 538 g/mol. The van der Waals surface area contributed by atoms with Gasteiger partial charge in [-0.1, -0.05) is 6.07 Å². The summed E-state index contributed by atoms with van der Waals surface area (Å²) in [6.07, 6.45) is 3.52. The monoisotopic (exact) mass is 538 g/mol. The lowest BCUT2D eigenvalue weighted by Crippen LogP contribution is -2.41. The molecule has 0 unspecified atom stereocenters. The lowest BCUT2D eigenvalue weighted by Gasteiger charge is -2.17. The number of ether oxygens (including phenoxy) is 2. The fraction of sp³-hybridized carbons (Fsp3) is 0.207. The number of rotatable bonds is 8. The molecule has 1 fully saturated rings. The van der Waals surface area contributed by atoms with Crippen molar-refractivity contribution in [2.45, 2.75) is 25.8 Å². The molecule has 200 valence electrons. The molecule has 3 aromatic carbocycles. The van der Waals surface area contributed by atoms with Crippen molar-refractivity contribution < 1.29 is 36.6 Å². The van der Waals surface area contributed by atoms with Gasteiger partial charge in [0.25, 0.3) is 5.91 Å². The zero-order chi connectivity index (χ0) is 27.7. The minimum atomic E-state index is -1.27. The van der Waals surface area contributed by atoms with E-state index in [1.54, 1.807) is 12.1 Å². The van der Waals surface area contributed by atoms with E-state index in [-0.39, 0.29) is 17.1 Å². The molecule has 10 heteroatoms. The number of amides is 1. The van der Waals surface area contributed by atoms with Crippen LogP contribution in [0.3, 0.4) is 0 Å². The molecule has 5 rings (SSSR count). The number of nitrogens with one attached hydrogen (secondary N) is 1. The first-order valence-electron chi connectivity index (χ1n) is 12.2. The number of aromatic nitrogens is 1. The fourth-order valence-corrected chi connectivity index (χ4v) is 4.04. The Morgan fingerprint density at radius 1 is 0.923 bits per heavy atom. The number of fused-ring (bicyclic) bond motifs is 1. The van der Waals surface area contributed by atoms with Crippen LogP contribution in [0.15, 0.2) is 60.8 Å². The van der Waals surface area contributed by atoms with Gasteiger partial charge in [0.05, 0.1) is 12.1 Å². The van der Waals surface area contributed by atoms with E-state index < -0.39 is 46.8 Å². The number of hydrogen-bond donors (Lipinski definition) is 1. The molecular formula is C29H22F4N2O4. The minimum Gasteiger partial charge on any atom is -0.493 e. The summed E-state index contributed by atoms with van der Waals surface area (Å²) in [4.78, 5) is 29.5. The van der Waals surface area contributed by atoms with Gasteiger partial charge in [0, 0.05) is 28.8 Å². The highest BCUT2D eigenvalue weighted by atomic mass is 19.2. The molecule has 1 atom stereocenters. The highest BCUT2D eigenvalue weighted by molar-refractivity contribution is 6.00. The predicted octanol–water partition coefficient (Wildman–Crippen LogP) is 5.97. The standard InChI is InChI=1S/C29H22F4N2O4/c1-15(35-28(36)26-20(30)5-2-6-21(26)31)29(37)39-24-10-9-17(27-18(24)4-3-11-34-27)19-12-22(32)23(33)13-25(19)38-14-16-7-8-16/h2-6,9-13,15-16H,7-8,14H2,1H3,(H,35,36)/t15-/m0/s1. The molecule has 4 aromatic rings. The van der Waals surface area contributed by atoms with Crippen molar-refractivity contribution in [3.63, 3.8) is 0 Å². The van der Waals surface area contributed by atoms with Gasteiger partial charge in [-0.25, -0.2) is 22.4 Å². The molecule has 0 aliphatic heterocycles. The van der Waals surface area contributed by atoms with Crippen molar-refractivity contribution in [1.82, 2.24) is 10.3 Å². The van der Waals surface area contributed by atoms with E-state index in [2.05, 4.69) is 10.3 Å². The SMILES string of the molecule is C[C@H](NC(=O)c1c(F)cccc1F)C(=O)Oc1ccc(-c2cc(F)c(F)cc2OCC2CC2)c2ncccc12. The van der Waals surface area contributed by atoms with E-state index in [0.717, 1.165) is 43.2 Å². The molecule has 1 aromatic heterocycles. The number of nitrogens with zero attached hydrogens (tertiary/aromatic N) is 1. The van der Waals surface area contributed by atoms with Crippen LogP contribution in [0.1, 0.15) is 30.1 Å². The lowest BCUT2D eigenvalue weighted by molar-refractivity contribution is -0.136. The highest BCUT2D eigenvalue weighted by Gasteiger charge is 2.26. The van der Waals surface area contributed by atoms with Crippen molar-refractivity contribution in [2.24, 2.45) is 5.92 Å². The van der Waals surface area contributed by atoms with Crippen LogP contribution >= 0.6 is 0 Å². The Hall–Kier alpha value is -4.47. The van der Waals surface area contributed by atoms with Crippen molar-refractivity contribution in [2.75, 3.05) is 6.61 Å². The van der Waals surface area contributed by atoms with Gasteiger partial charge in [-0.05, 0) is 68.1 Å². The van der Waals surface area contributed by atoms with Crippen molar-refractivity contribution in [3.8, 4) is 22.6 Å². The Bertz CT molecular complexity index is 1570. The van der Waals surface area contributed by atoms with Crippen LogP contribution in [0.2, 0.25) is 0 Å². The Morgan fingerprint density at radius 2 is 1.64 bits per heavy atom. The Labute approximate surface area is 220 Å².